The predicted molar refractivity (Wildman–Crippen MR) is 128 cm³/mol. The Labute approximate surface area is 204 Å². The number of carbonyl (C=O) groups excluding carboxylic acids is 2. The molecule has 1 saturated heterocycles. The molecule has 0 bridgehead atoms. The molecule has 1 N–H and O–H groups in total. The molecule has 3 aromatic rings. The Morgan fingerprint density at radius 3 is 2.50 bits per heavy atom. The smallest absolute Gasteiger partial charge is 0.282 e. The molecule has 5 rings (SSSR count). The number of rotatable bonds is 5. The Morgan fingerprint density at radius 2 is 1.83 bits per heavy atom. The average Bonchev–Trinajstić information content (AvgIpc) is 2.92. The summed E-state index contributed by atoms with van der Waals surface area (Å²) in [5, 5.41) is 2.63. The number of benzene rings is 2. The van der Waals surface area contributed by atoms with Crippen molar-refractivity contribution in [1.29, 1.82) is 0 Å². The monoisotopic (exact) mass is 498 g/mol. The van der Waals surface area contributed by atoms with Gasteiger partial charge in [0.25, 0.3) is 12.3 Å². The summed E-state index contributed by atoms with van der Waals surface area (Å²) < 4.78 is 52.7. The Kier molecular flexibility index (Phi) is 5.89. The van der Waals surface area contributed by atoms with Crippen molar-refractivity contribution in [3.8, 4) is 11.1 Å². The third kappa shape index (κ3) is 4.38. The van der Waals surface area contributed by atoms with E-state index in [2.05, 4.69) is 10.3 Å². The molecule has 1 fully saturated rings. The van der Waals surface area contributed by atoms with Crippen LogP contribution in [0.5, 0.6) is 0 Å². The molecular formula is C26H22F4N4O2. The number of pyridine rings is 1. The number of carbonyl (C=O) groups is 2. The molecule has 0 spiro atoms. The first-order valence-corrected chi connectivity index (χ1v) is 11.3. The van der Waals surface area contributed by atoms with Crippen molar-refractivity contribution in [1.82, 2.24) is 4.98 Å². The van der Waals surface area contributed by atoms with Gasteiger partial charge in [0, 0.05) is 34.3 Å². The quantitative estimate of drug-likeness (QED) is 0.490. The normalized spacial score (nSPS) is 18.3. The van der Waals surface area contributed by atoms with Crippen molar-refractivity contribution < 1.29 is 27.2 Å². The van der Waals surface area contributed by atoms with Crippen molar-refractivity contribution in [3.63, 3.8) is 0 Å². The van der Waals surface area contributed by atoms with Crippen LogP contribution in [0.25, 0.3) is 11.1 Å². The molecule has 2 aliphatic rings. The lowest BCUT2D eigenvalue weighted by Gasteiger charge is -2.41. The highest BCUT2D eigenvalue weighted by Crippen LogP contribution is 2.43. The Morgan fingerprint density at radius 1 is 1.11 bits per heavy atom. The van der Waals surface area contributed by atoms with E-state index >= 15 is 0 Å². The average molecular weight is 498 g/mol. The molecular weight excluding hydrogens is 476 g/mol. The number of anilines is 3. The molecule has 6 nitrogen and oxygen atoms in total. The molecule has 36 heavy (non-hydrogen) atoms. The van der Waals surface area contributed by atoms with Gasteiger partial charge in [0.2, 0.25) is 11.8 Å². The fraction of sp³-hybridized carbons (Fsp3) is 0.269. The van der Waals surface area contributed by atoms with Crippen LogP contribution < -0.4 is 15.1 Å². The van der Waals surface area contributed by atoms with Crippen LogP contribution >= 0.6 is 0 Å². The number of nitrogens with one attached hydrogen (secondary N) is 1. The minimum absolute atomic E-state index is 0.173. The zero-order valence-corrected chi connectivity index (χ0v) is 19.2. The second-order valence-corrected chi connectivity index (χ2v) is 8.97. The summed E-state index contributed by atoms with van der Waals surface area (Å²) in [4.78, 5) is 33.7. The van der Waals surface area contributed by atoms with E-state index in [1.165, 1.54) is 34.1 Å². The lowest BCUT2D eigenvalue weighted by Crippen LogP contribution is -2.56. The maximum atomic E-state index is 13.5. The predicted octanol–water partition coefficient (Wildman–Crippen LogP) is 5.23. The van der Waals surface area contributed by atoms with E-state index in [0.717, 1.165) is 5.56 Å². The van der Waals surface area contributed by atoms with Gasteiger partial charge < -0.3 is 15.1 Å². The van der Waals surface area contributed by atoms with E-state index < -0.39 is 37.3 Å². The number of hydrogen-bond donors (Lipinski definition) is 1. The molecule has 3 heterocycles. The summed E-state index contributed by atoms with van der Waals surface area (Å²) in [7, 11) is 0. The van der Waals surface area contributed by atoms with Crippen LogP contribution in [-0.4, -0.2) is 42.4 Å². The van der Waals surface area contributed by atoms with Crippen LogP contribution in [0.4, 0.5) is 34.6 Å². The van der Waals surface area contributed by atoms with E-state index in [9.17, 15) is 27.2 Å². The van der Waals surface area contributed by atoms with Crippen molar-refractivity contribution >= 4 is 28.9 Å². The van der Waals surface area contributed by atoms with Crippen molar-refractivity contribution in [2.75, 3.05) is 34.8 Å². The van der Waals surface area contributed by atoms with E-state index in [0.29, 0.717) is 28.3 Å². The second-order valence-electron chi connectivity index (χ2n) is 8.97. The number of aromatic nitrogens is 1. The highest BCUT2D eigenvalue weighted by atomic mass is 19.3. The van der Waals surface area contributed by atoms with Gasteiger partial charge in [-0.2, -0.15) is 0 Å². The molecule has 2 amide bonds. The number of fused-ring (bicyclic) bond motifs is 3. The number of hydrogen-bond acceptors (Lipinski definition) is 4. The van der Waals surface area contributed by atoms with E-state index in [1.807, 2.05) is 6.07 Å². The highest BCUT2D eigenvalue weighted by Gasteiger charge is 2.44. The van der Waals surface area contributed by atoms with Crippen LogP contribution in [0.15, 0.2) is 60.8 Å². The molecule has 0 unspecified atom stereocenters. The molecule has 2 aliphatic heterocycles. The largest absolute Gasteiger partial charge is 0.359 e. The fourth-order valence-corrected chi connectivity index (χ4v) is 4.54. The third-order valence-electron chi connectivity index (χ3n) is 6.41. The number of amides is 2. The van der Waals surface area contributed by atoms with E-state index in [4.69, 9.17) is 0 Å². The summed E-state index contributed by atoms with van der Waals surface area (Å²) in [6, 6.07) is 13.8. The van der Waals surface area contributed by atoms with Crippen molar-refractivity contribution in [2.24, 2.45) is 0 Å². The summed E-state index contributed by atoms with van der Waals surface area (Å²) in [5.74, 6) is -4.34. The van der Waals surface area contributed by atoms with E-state index in [-0.39, 0.29) is 18.0 Å². The Bertz CT molecular complexity index is 1320. The summed E-state index contributed by atoms with van der Waals surface area (Å²) in [6.45, 7) is 0.484. The zero-order chi connectivity index (χ0) is 25.6. The molecule has 0 aliphatic carbocycles. The van der Waals surface area contributed by atoms with Gasteiger partial charge in [-0.3, -0.25) is 14.6 Å². The first-order valence-electron chi connectivity index (χ1n) is 11.3. The number of alkyl halides is 4. The van der Waals surface area contributed by atoms with Crippen LogP contribution in [0.2, 0.25) is 0 Å². The van der Waals surface area contributed by atoms with Gasteiger partial charge in [0.1, 0.15) is 6.54 Å². The molecule has 186 valence electrons. The molecule has 1 atom stereocenters. The lowest BCUT2D eigenvalue weighted by atomic mass is 9.97. The van der Waals surface area contributed by atoms with E-state index in [1.54, 1.807) is 37.4 Å². The SMILES string of the molecule is C[C@H]1C(=O)N(CC(=O)Nc2ccc(C(F)F)cc2)c2cc(N3CC(F)(F)C3)ccc2-c2cccnc21. The summed E-state index contributed by atoms with van der Waals surface area (Å²) in [6.07, 6.45) is -1.04. The van der Waals surface area contributed by atoms with Crippen LogP contribution in [0.1, 0.15) is 30.5 Å². The zero-order valence-electron chi connectivity index (χ0n) is 19.2. The first kappa shape index (κ1) is 23.8. The second kappa shape index (κ2) is 8.92. The van der Waals surface area contributed by atoms with Gasteiger partial charge in [-0.15, -0.1) is 0 Å². The third-order valence-corrected chi connectivity index (χ3v) is 6.41. The van der Waals surface area contributed by atoms with Crippen LogP contribution in [-0.2, 0) is 9.59 Å². The van der Waals surface area contributed by atoms with Gasteiger partial charge in [-0.05, 0) is 37.3 Å². The molecule has 0 saturated carbocycles. The van der Waals surface area contributed by atoms with Gasteiger partial charge in [0.15, 0.2) is 0 Å². The van der Waals surface area contributed by atoms with Crippen molar-refractivity contribution in [3.05, 3.63) is 72.1 Å². The minimum atomic E-state index is -2.77. The summed E-state index contributed by atoms with van der Waals surface area (Å²) >= 11 is 0. The highest BCUT2D eigenvalue weighted by molar-refractivity contribution is 6.09. The Balaban J connectivity index is 1.48. The molecule has 2 aromatic carbocycles. The van der Waals surface area contributed by atoms with Gasteiger partial charge >= 0.3 is 0 Å². The first-order chi connectivity index (χ1) is 17.1. The molecule has 0 radical (unpaired) electrons. The molecule has 1 aromatic heterocycles. The lowest BCUT2D eigenvalue weighted by molar-refractivity contribution is -0.122. The van der Waals surface area contributed by atoms with Gasteiger partial charge in [0.05, 0.1) is 30.4 Å². The fourth-order valence-electron chi connectivity index (χ4n) is 4.54. The standard InChI is InChI=1S/C26H22F4N4O2/c1-15-23-20(3-2-10-31-23)19-9-8-18(33-13-26(29,30)14-33)11-21(19)34(25(15)36)12-22(35)32-17-6-4-16(5-7-17)24(27)28/h2-11,15,24H,12-14H2,1H3,(H,32,35)/t15-/m1/s1. The number of halogens is 4. The molecule has 10 heteroatoms. The number of nitrogens with zero attached hydrogens (tertiary/aromatic N) is 3. The summed E-state index contributed by atoms with van der Waals surface area (Å²) in [5.41, 5.74) is 2.99. The Hall–Kier alpha value is -3.95. The van der Waals surface area contributed by atoms with Crippen LogP contribution in [0, 0.1) is 0 Å². The van der Waals surface area contributed by atoms with Gasteiger partial charge in [-0.25, -0.2) is 17.6 Å². The topological polar surface area (TPSA) is 65.5 Å². The maximum Gasteiger partial charge on any atom is 0.282 e. The van der Waals surface area contributed by atoms with Crippen molar-refractivity contribution in [2.45, 2.75) is 25.2 Å². The minimum Gasteiger partial charge on any atom is -0.359 e. The van der Waals surface area contributed by atoms with Crippen LogP contribution in [0.3, 0.4) is 0 Å². The maximum absolute atomic E-state index is 13.5. The van der Waals surface area contributed by atoms with Gasteiger partial charge in [-0.1, -0.05) is 24.3 Å².